The quantitative estimate of drug-likeness (QED) is 0.371. The molecule has 4 heterocycles. The van der Waals surface area contributed by atoms with Crippen molar-refractivity contribution >= 4 is 16.6 Å². The molecule has 7 heteroatoms. The summed E-state index contributed by atoms with van der Waals surface area (Å²) in [4.78, 5) is 4.79. The van der Waals surface area contributed by atoms with E-state index in [-0.39, 0.29) is 0 Å². The monoisotopic (exact) mass is 458 g/mol. The fourth-order valence-corrected chi connectivity index (χ4v) is 4.68. The van der Waals surface area contributed by atoms with Gasteiger partial charge in [-0.1, -0.05) is 47.1 Å². The Hall–Kier alpha value is -4.36. The third-order valence-corrected chi connectivity index (χ3v) is 6.76. The number of fused-ring (bicyclic) bond motifs is 3. The minimum atomic E-state index is 0.505. The van der Waals surface area contributed by atoms with Gasteiger partial charge >= 0.3 is 5.82 Å². The maximum atomic E-state index is 5.84. The molecular weight excluding hydrogens is 434 g/mol. The molecule has 7 nitrogen and oxygen atoms in total. The number of H-pyrrole nitrogens is 1. The molecule has 2 aromatic carbocycles. The number of nitrogens with zero attached hydrogens (tertiary/aromatic N) is 5. The highest BCUT2D eigenvalue weighted by atomic mass is 15.4. The Bertz CT molecular complexity index is 1680. The number of aromatic nitrogens is 6. The Morgan fingerprint density at radius 3 is 2.57 bits per heavy atom. The molecule has 1 aliphatic rings. The van der Waals surface area contributed by atoms with Crippen LogP contribution in [-0.2, 0) is 6.54 Å². The van der Waals surface area contributed by atoms with Gasteiger partial charge in [0.1, 0.15) is 5.69 Å². The van der Waals surface area contributed by atoms with Crippen LogP contribution in [0.2, 0.25) is 0 Å². The lowest BCUT2D eigenvalue weighted by molar-refractivity contribution is -0.498. The first-order valence-corrected chi connectivity index (χ1v) is 11.9. The van der Waals surface area contributed by atoms with Crippen LogP contribution in [0.15, 0.2) is 85.2 Å². The Labute approximate surface area is 201 Å². The summed E-state index contributed by atoms with van der Waals surface area (Å²) in [6, 6.07) is 24.9. The number of nitrogens with one attached hydrogen (secondary N) is 1. The Kier molecular flexibility index (Phi) is 4.50. The van der Waals surface area contributed by atoms with E-state index in [9.17, 15) is 0 Å². The first-order chi connectivity index (χ1) is 17.3. The van der Waals surface area contributed by atoms with Gasteiger partial charge in [0.25, 0.3) is 5.65 Å². The van der Waals surface area contributed by atoms with E-state index in [2.05, 4.69) is 51.0 Å². The zero-order chi connectivity index (χ0) is 23.4. The van der Waals surface area contributed by atoms with Crippen molar-refractivity contribution in [3.63, 3.8) is 0 Å². The van der Waals surface area contributed by atoms with Crippen molar-refractivity contribution in [1.29, 1.82) is 0 Å². The molecule has 0 unspecified atom stereocenters. The van der Waals surface area contributed by atoms with E-state index in [0.717, 1.165) is 50.4 Å². The van der Waals surface area contributed by atoms with Crippen molar-refractivity contribution in [3.05, 3.63) is 96.4 Å². The molecule has 170 valence electrons. The van der Waals surface area contributed by atoms with Crippen molar-refractivity contribution in [3.8, 4) is 28.3 Å². The summed E-state index contributed by atoms with van der Waals surface area (Å²) in [6.07, 6.45) is 6.40. The highest BCUT2D eigenvalue weighted by Crippen LogP contribution is 2.39. The number of hydrogen-bond acceptors (Lipinski definition) is 4. The molecule has 0 amide bonds. The zero-order valence-electron chi connectivity index (χ0n) is 19.1. The second-order valence-electron chi connectivity index (χ2n) is 9.12. The molecule has 0 spiro atoms. The average molecular weight is 459 g/mol. The summed E-state index contributed by atoms with van der Waals surface area (Å²) >= 11 is 0. The zero-order valence-corrected chi connectivity index (χ0v) is 19.1. The van der Waals surface area contributed by atoms with E-state index in [0.29, 0.717) is 12.5 Å². The molecule has 3 N–H and O–H groups in total. The molecule has 0 saturated heterocycles. The maximum absolute atomic E-state index is 5.84. The lowest BCUT2D eigenvalue weighted by Gasteiger charge is -2.04. The van der Waals surface area contributed by atoms with E-state index in [4.69, 9.17) is 15.8 Å². The minimum Gasteiger partial charge on any atom is -0.326 e. The van der Waals surface area contributed by atoms with Crippen LogP contribution >= 0.6 is 0 Å². The van der Waals surface area contributed by atoms with Gasteiger partial charge in [0, 0.05) is 29.9 Å². The summed E-state index contributed by atoms with van der Waals surface area (Å²) in [5, 5.41) is 13.9. The first kappa shape index (κ1) is 20.1. The normalized spacial score (nSPS) is 13.6. The molecule has 0 atom stereocenters. The van der Waals surface area contributed by atoms with Crippen LogP contribution in [0.25, 0.3) is 44.9 Å². The smallest absolute Gasteiger partial charge is 0.326 e. The van der Waals surface area contributed by atoms with Gasteiger partial charge in [-0.05, 0) is 54.3 Å². The first-order valence-electron chi connectivity index (χ1n) is 11.9. The topological polar surface area (TPSA) is 89.5 Å². The van der Waals surface area contributed by atoms with Crippen LogP contribution in [-0.4, -0.2) is 25.0 Å². The molecule has 6 aromatic rings. The van der Waals surface area contributed by atoms with E-state index in [1.165, 1.54) is 18.5 Å². The molecule has 35 heavy (non-hydrogen) atoms. The number of nitrogens with two attached hydrogens (primary N) is 1. The van der Waals surface area contributed by atoms with E-state index < -0.39 is 0 Å². The van der Waals surface area contributed by atoms with E-state index >= 15 is 0 Å². The van der Waals surface area contributed by atoms with Gasteiger partial charge in [0.2, 0.25) is 0 Å². The number of rotatable bonds is 5. The standard InChI is InChI=1S/C28H24N7/c29-16-18-6-10-22(11-7-18)35-28-23-14-21(19-4-2-1-3-5-19)17-30-24(23)12-13-34(28)27(33-35)26-15-25(31-32-26)20-8-9-20/h1-7,10-15,17,20H,8-9,16,29H2,(H,31,32)/q+1. The summed E-state index contributed by atoms with van der Waals surface area (Å²) in [5.74, 6) is 1.38. The average Bonchev–Trinajstić information content (AvgIpc) is 3.52. The van der Waals surface area contributed by atoms with Gasteiger partial charge in [-0.25, -0.2) is 0 Å². The van der Waals surface area contributed by atoms with Crippen LogP contribution < -0.4 is 10.1 Å². The summed E-state index contributed by atoms with van der Waals surface area (Å²) in [6.45, 7) is 0.505. The SMILES string of the molecule is NCc1ccc(-n2nc(-c3cc(C4CC4)[nH]n3)[n+]3ccc4ncc(-c5ccccc5)cc4c23)cc1. The van der Waals surface area contributed by atoms with Gasteiger partial charge in [-0.2, -0.15) is 9.50 Å². The van der Waals surface area contributed by atoms with Gasteiger partial charge in [0.15, 0.2) is 5.69 Å². The van der Waals surface area contributed by atoms with Crippen LogP contribution in [0.3, 0.4) is 0 Å². The molecule has 0 radical (unpaired) electrons. The van der Waals surface area contributed by atoms with E-state index in [1.54, 1.807) is 0 Å². The molecule has 1 saturated carbocycles. The van der Waals surface area contributed by atoms with Crippen molar-refractivity contribution in [1.82, 2.24) is 25.0 Å². The van der Waals surface area contributed by atoms with Crippen molar-refractivity contribution in [2.75, 3.05) is 0 Å². The van der Waals surface area contributed by atoms with Gasteiger partial charge in [-0.15, -0.1) is 0 Å². The molecule has 4 aromatic heterocycles. The molecular formula is C28H24N7+. The molecule has 0 aliphatic heterocycles. The minimum absolute atomic E-state index is 0.505. The summed E-state index contributed by atoms with van der Waals surface area (Å²) in [7, 11) is 0. The van der Waals surface area contributed by atoms with Gasteiger partial charge < -0.3 is 5.73 Å². The molecule has 1 fully saturated rings. The number of pyridine rings is 2. The van der Waals surface area contributed by atoms with Crippen molar-refractivity contribution < 1.29 is 4.40 Å². The van der Waals surface area contributed by atoms with Crippen molar-refractivity contribution in [2.24, 2.45) is 5.73 Å². The third kappa shape index (κ3) is 3.40. The highest BCUT2D eigenvalue weighted by Gasteiger charge is 2.30. The Morgan fingerprint density at radius 1 is 0.971 bits per heavy atom. The molecule has 1 aliphatic carbocycles. The lowest BCUT2D eigenvalue weighted by atomic mass is 10.1. The summed E-state index contributed by atoms with van der Waals surface area (Å²) in [5.41, 5.74) is 14.0. The van der Waals surface area contributed by atoms with Gasteiger partial charge in [0.05, 0.1) is 22.2 Å². The molecule has 0 bridgehead atoms. The Balaban J connectivity index is 1.50. The van der Waals surface area contributed by atoms with Crippen LogP contribution in [0.1, 0.15) is 30.0 Å². The van der Waals surface area contributed by atoms with Crippen LogP contribution in [0.4, 0.5) is 0 Å². The predicted molar refractivity (Wildman–Crippen MR) is 135 cm³/mol. The maximum Gasteiger partial charge on any atom is 0.334 e. The second-order valence-corrected chi connectivity index (χ2v) is 9.12. The third-order valence-electron chi connectivity index (χ3n) is 6.76. The fraction of sp³-hybridized carbons (Fsp3) is 0.143. The van der Waals surface area contributed by atoms with E-state index in [1.807, 2.05) is 53.5 Å². The number of aromatic amines is 1. The predicted octanol–water partition coefficient (Wildman–Crippen LogP) is 4.55. The van der Waals surface area contributed by atoms with Crippen molar-refractivity contribution in [2.45, 2.75) is 25.3 Å². The van der Waals surface area contributed by atoms with Crippen LogP contribution in [0.5, 0.6) is 0 Å². The number of benzene rings is 2. The molecule has 7 rings (SSSR count). The summed E-state index contributed by atoms with van der Waals surface area (Å²) < 4.78 is 4.10. The largest absolute Gasteiger partial charge is 0.334 e. The lowest BCUT2D eigenvalue weighted by Crippen LogP contribution is -2.22. The fourth-order valence-electron chi connectivity index (χ4n) is 4.68. The Morgan fingerprint density at radius 2 is 1.80 bits per heavy atom. The highest BCUT2D eigenvalue weighted by molar-refractivity contribution is 5.93. The van der Waals surface area contributed by atoms with Crippen LogP contribution in [0, 0.1) is 0 Å². The van der Waals surface area contributed by atoms with Gasteiger partial charge in [-0.3, -0.25) is 10.1 Å². The number of hydrogen-bond donors (Lipinski definition) is 2. The second kappa shape index (κ2) is 7.85.